The molecule has 1 N–H and O–H groups in total. The Bertz CT molecular complexity index is 585. The molecule has 0 saturated carbocycles. The van der Waals surface area contributed by atoms with Gasteiger partial charge in [-0.1, -0.05) is 53.0 Å². The van der Waals surface area contributed by atoms with Crippen LogP contribution in [0.1, 0.15) is 17.3 Å². The van der Waals surface area contributed by atoms with Crippen LogP contribution in [0, 0.1) is 0 Å². The highest BCUT2D eigenvalue weighted by Crippen LogP contribution is 2.47. The van der Waals surface area contributed by atoms with Gasteiger partial charge in [0.15, 0.2) is 0 Å². The number of para-hydroxylation sites is 1. The number of H-pyrrole nitrogens is 1. The average Bonchev–Trinajstić information content (AvgIpc) is 2.64. The molecule has 5 heteroatoms. The minimum Gasteiger partial charge on any atom is -0.357 e. The molecule has 0 bridgehead atoms. The van der Waals surface area contributed by atoms with E-state index in [2.05, 4.69) is 22.0 Å². The van der Waals surface area contributed by atoms with E-state index in [0.29, 0.717) is 0 Å². The van der Waals surface area contributed by atoms with Crippen LogP contribution in [0.4, 0.5) is 0 Å². The lowest BCUT2D eigenvalue weighted by molar-refractivity contribution is 0.230. The number of rotatable bonds is 0. The van der Waals surface area contributed by atoms with E-state index in [9.17, 15) is 0 Å². The first-order chi connectivity index (χ1) is 8.48. The topological polar surface area (TPSA) is 19.0 Å². The summed E-state index contributed by atoms with van der Waals surface area (Å²) in [5.74, 6) is 0. The van der Waals surface area contributed by atoms with Crippen molar-refractivity contribution in [3.05, 3.63) is 35.5 Å². The van der Waals surface area contributed by atoms with Crippen molar-refractivity contribution < 1.29 is 0 Å². The molecule has 0 saturated heterocycles. The highest BCUT2D eigenvalue weighted by molar-refractivity contribution is 6.68. The summed E-state index contributed by atoms with van der Waals surface area (Å²) in [6.07, 6.45) is 0.979. The number of benzene rings is 1. The van der Waals surface area contributed by atoms with Crippen LogP contribution in [0.2, 0.25) is 0 Å². The molecule has 0 amide bonds. The number of hydrogen-bond acceptors (Lipinski definition) is 1. The molecule has 0 aliphatic carbocycles. The first kappa shape index (κ1) is 12.6. The number of nitrogens with one attached hydrogen (secondary N) is 1. The zero-order valence-electron chi connectivity index (χ0n) is 9.88. The van der Waals surface area contributed by atoms with E-state index in [4.69, 9.17) is 34.8 Å². The fourth-order valence-corrected chi connectivity index (χ4v) is 3.60. The molecule has 18 heavy (non-hydrogen) atoms. The maximum absolute atomic E-state index is 6.13. The molecule has 2 aromatic rings. The van der Waals surface area contributed by atoms with Gasteiger partial charge in [0.05, 0.1) is 6.04 Å². The van der Waals surface area contributed by atoms with Crippen LogP contribution in [0.3, 0.4) is 0 Å². The van der Waals surface area contributed by atoms with E-state index in [1.165, 1.54) is 10.9 Å². The third-order valence-corrected chi connectivity index (χ3v) is 4.21. The van der Waals surface area contributed by atoms with E-state index >= 15 is 0 Å². The van der Waals surface area contributed by atoms with Gasteiger partial charge < -0.3 is 4.98 Å². The molecule has 3 rings (SSSR count). The van der Waals surface area contributed by atoms with Crippen molar-refractivity contribution in [2.45, 2.75) is 16.3 Å². The molecule has 1 aromatic heterocycles. The highest BCUT2D eigenvalue weighted by atomic mass is 35.6. The van der Waals surface area contributed by atoms with Crippen molar-refractivity contribution in [2.75, 3.05) is 13.6 Å². The Morgan fingerprint density at radius 2 is 2.00 bits per heavy atom. The van der Waals surface area contributed by atoms with E-state index in [-0.39, 0.29) is 6.04 Å². The molecule has 0 radical (unpaired) electrons. The maximum atomic E-state index is 6.13. The summed E-state index contributed by atoms with van der Waals surface area (Å²) in [7, 11) is 1.99. The fourth-order valence-electron chi connectivity index (χ4n) is 2.77. The van der Waals surface area contributed by atoms with Crippen LogP contribution >= 0.6 is 34.8 Å². The Morgan fingerprint density at radius 3 is 2.72 bits per heavy atom. The molecular weight excluding hydrogens is 291 g/mol. The summed E-state index contributed by atoms with van der Waals surface area (Å²) in [6, 6.07) is 8.00. The van der Waals surface area contributed by atoms with Crippen molar-refractivity contribution in [3.8, 4) is 0 Å². The predicted octanol–water partition coefficient (Wildman–Crippen LogP) is 4.07. The SMILES string of the molecule is CN1CCc2c([nH]c3ccccc23)C1C(Cl)(Cl)Cl. The molecule has 1 atom stereocenters. The summed E-state index contributed by atoms with van der Waals surface area (Å²) in [5, 5.41) is 1.24. The van der Waals surface area contributed by atoms with Gasteiger partial charge in [0.2, 0.25) is 3.79 Å². The van der Waals surface area contributed by atoms with E-state index in [1.54, 1.807) is 0 Å². The smallest absolute Gasteiger partial charge is 0.211 e. The van der Waals surface area contributed by atoms with Crippen molar-refractivity contribution in [2.24, 2.45) is 0 Å². The molecule has 1 unspecified atom stereocenters. The van der Waals surface area contributed by atoms with Gasteiger partial charge in [0.25, 0.3) is 0 Å². The first-order valence-corrected chi connectivity index (χ1v) is 6.98. The summed E-state index contributed by atoms with van der Waals surface area (Å²) in [6.45, 7) is 0.896. The third-order valence-electron chi connectivity index (χ3n) is 3.59. The van der Waals surface area contributed by atoms with Crippen LogP contribution in [-0.4, -0.2) is 27.3 Å². The van der Waals surface area contributed by atoms with Crippen LogP contribution in [0.5, 0.6) is 0 Å². The first-order valence-electron chi connectivity index (χ1n) is 5.85. The molecule has 1 aliphatic heterocycles. The summed E-state index contributed by atoms with van der Waals surface area (Å²) in [5.41, 5.74) is 3.42. The quantitative estimate of drug-likeness (QED) is 0.727. The van der Waals surface area contributed by atoms with Gasteiger partial charge in [-0.2, -0.15) is 0 Å². The van der Waals surface area contributed by atoms with Crippen molar-refractivity contribution in [3.63, 3.8) is 0 Å². The molecule has 1 aromatic carbocycles. The zero-order valence-corrected chi connectivity index (χ0v) is 12.1. The molecule has 1 aliphatic rings. The van der Waals surface area contributed by atoms with Gasteiger partial charge in [-0.15, -0.1) is 0 Å². The van der Waals surface area contributed by atoms with Crippen LogP contribution in [0.25, 0.3) is 10.9 Å². The van der Waals surface area contributed by atoms with Crippen LogP contribution in [0.15, 0.2) is 24.3 Å². The third kappa shape index (κ3) is 1.92. The molecule has 96 valence electrons. The summed E-state index contributed by atoms with van der Waals surface area (Å²) >= 11 is 18.4. The van der Waals surface area contributed by atoms with Gasteiger partial charge in [-0.25, -0.2) is 0 Å². The van der Waals surface area contributed by atoms with Gasteiger partial charge in [-0.3, -0.25) is 4.90 Å². The molecule has 0 spiro atoms. The number of likely N-dealkylation sites (N-methyl/N-ethyl adjacent to an activating group) is 1. The van der Waals surface area contributed by atoms with Crippen LogP contribution in [-0.2, 0) is 6.42 Å². The molecular formula is C13H13Cl3N2. The predicted molar refractivity (Wildman–Crippen MR) is 77.7 cm³/mol. The Hall–Kier alpha value is -0.410. The number of hydrogen-bond donors (Lipinski definition) is 1. The summed E-state index contributed by atoms with van der Waals surface area (Å²) < 4.78 is -1.33. The lowest BCUT2D eigenvalue weighted by atomic mass is 9.98. The Labute approximate surface area is 121 Å². The Kier molecular flexibility index (Phi) is 3.02. The Morgan fingerprint density at radius 1 is 1.28 bits per heavy atom. The lowest BCUT2D eigenvalue weighted by Crippen LogP contribution is -2.39. The van der Waals surface area contributed by atoms with Gasteiger partial charge in [0, 0.05) is 23.1 Å². The van der Waals surface area contributed by atoms with E-state index < -0.39 is 3.79 Å². The average molecular weight is 304 g/mol. The number of halogens is 3. The van der Waals surface area contributed by atoms with Crippen molar-refractivity contribution in [1.82, 2.24) is 9.88 Å². The zero-order chi connectivity index (χ0) is 12.9. The number of aromatic amines is 1. The van der Waals surface area contributed by atoms with Gasteiger partial charge in [0.1, 0.15) is 0 Å². The normalized spacial score (nSPS) is 21.2. The number of fused-ring (bicyclic) bond motifs is 3. The monoisotopic (exact) mass is 302 g/mol. The van der Waals surface area contributed by atoms with E-state index in [0.717, 1.165) is 24.2 Å². The number of alkyl halides is 3. The minimum absolute atomic E-state index is 0.223. The second kappa shape index (κ2) is 4.31. The van der Waals surface area contributed by atoms with E-state index in [1.807, 2.05) is 19.2 Å². The maximum Gasteiger partial charge on any atom is 0.211 e. The Balaban J connectivity index is 2.23. The number of aromatic nitrogens is 1. The minimum atomic E-state index is -1.33. The van der Waals surface area contributed by atoms with Gasteiger partial charge in [-0.05, 0) is 25.1 Å². The molecule has 2 heterocycles. The second-order valence-electron chi connectivity index (χ2n) is 4.74. The molecule has 0 fully saturated rings. The molecule has 2 nitrogen and oxygen atoms in total. The highest BCUT2D eigenvalue weighted by Gasteiger charge is 2.41. The van der Waals surface area contributed by atoms with Crippen LogP contribution < -0.4 is 0 Å². The van der Waals surface area contributed by atoms with Crippen molar-refractivity contribution in [1.29, 1.82) is 0 Å². The van der Waals surface area contributed by atoms with Gasteiger partial charge >= 0.3 is 0 Å². The second-order valence-corrected chi connectivity index (χ2v) is 7.11. The lowest BCUT2D eigenvalue weighted by Gasteiger charge is -2.36. The fraction of sp³-hybridized carbons (Fsp3) is 0.385. The van der Waals surface area contributed by atoms with Crippen molar-refractivity contribution >= 4 is 45.7 Å². The number of nitrogens with zero attached hydrogens (tertiary/aromatic N) is 1. The standard InChI is InChI=1S/C13H13Cl3N2/c1-18-7-6-9-8-4-2-3-5-10(8)17-11(9)12(18)13(14,15)16/h2-5,12,17H,6-7H2,1H3. The summed E-state index contributed by atoms with van der Waals surface area (Å²) in [4.78, 5) is 5.50. The largest absolute Gasteiger partial charge is 0.357 e.